The second-order valence-electron chi connectivity index (χ2n) is 9.86. The molecule has 1 N–H and O–H groups in total. The average molecular weight is 486 g/mol. The van der Waals surface area contributed by atoms with E-state index < -0.39 is 17.3 Å². The molecule has 184 valence electrons. The summed E-state index contributed by atoms with van der Waals surface area (Å²) in [5, 5.41) is 17.2. The smallest absolute Gasteiger partial charge is 0.377 e. The molecule has 4 aromatic rings. The summed E-state index contributed by atoms with van der Waals surface area (Å²) in [5.74, 6) is 0.829. The molecule has 35 heavy (non-hydrogen) atoms. The van der Waals surface area contributed by atoms with Crippen molar-refractivity contribution in [2.75, 3.05) is 30.0 Å². The summed E-state index contributed by atoms with van der Waals surface area (Å²) in [6.45, 7) is 9.54. The Labute approximate surface area is 200 Å². The van der Waals surface area contributed by atoms with Gasteiger partial charge in [-0.3, -0.25) is 0 Å². The molecule has 1 aliphatic rings. The zero-order valence-corrected chi connectivity index (χ0v) is 19.9. The van der Waals surface area contributed by atoms with Gasteiger partial charge in [0.15, 0.2) is 17.2 Å². The number of aromatic nitrogens is 3. The fourth-order valence-electron chi connectivity index (χ4n) is 4.45. The SMILES string of the molecule is CC1COCCN1c1nncc2cc(-c3ccc(C(F)(F)F)c4c(NC(C)(C)C)noc34)ccc12. The van der Waals surface area contributed by atoms with Crippen molar-refractivity contribution in [3.8, 4) is 11.1 Å². The second-order valence-corrected chi connectivity index (χ2v) is 9.86. The van der Waals surface area contributed by atoms with Crippen molar-refractivity contribution in [3.05, 3.63) is 42.1 Å². The fourth-order valence-corrected chi connectivity index (χ4v) is 4.45. The number of nitrogens with one attached hydrogen (secondary N) is 1. The van der Waals surface area contributed by atoms with Gasteiger partial charge in [-0.25, -0.2) is 0 Å². The van der Waals surface area contributed by atoms with Crippen LogP contribution in [0.3, 0.4) is 0 Å². The fraction of sp³-hybridized carbons (Fsp3) is 0.400. The Bertz CT molecular complexity index is 1390. The van der Waals surface area contributed by atoms with Gasteiger partial charge in [0.2, 0.25) is 0 Å². The lowest BCUT2D eigenvalue weighted by Gasteiger charge is -2.34. The van der Waals surface area contributed by atoms with Crippen LogP contribution in [0.5, 0.6) is 0 Å². The maximum absolute atomic E-state index is 13.9. The van der Waals surface area contributed by atoms with E-state index in [9.17, 15) is 13.2 Å². The van der Waals surface area contributed by atoms with Crippen LogP contribution in [-0.2, 0) is 10.9 Å². The number of ether oxygens (including phenoxy) is 1. The van der Waals surface area contributed by atoms with Crippen LogP contribution >= 0.6 is 0 Å². The van der Waals surface area contributed by atoms with Crippen molar-refractivity contribution < 1.29 is 22.4 Å². The van der Waals surface area contributed by atoms with Crippen LogP contribution in [0.1, 0.15) is 33.3 Å². The van der Waals surface area contributed by atoms with Crippen LogP contribution < -0.4 is 10.2 Å². The van der Waals surface area contributed by atoms with E-state index in [1.165, 1.54) is 6.07 Å². The van der Waals surface area contributed by atoms with E-state index in [-0.39, 0.29) is 22.8 Å². The minimum absolute atomic E-state index is 0.0666. The highest BCUT2D eigenvalue weighted by atomic mass is 19.4. The molecule has 0 saturated carbocycles. The Morgan fingerprint density at radius 1 is 1.11 bits per heavy atom. The molecule has 2 aromatic heterocycles. The lowest BCUT2D eigenvalue weighted by atomic mass is 9.97. The van der Waals surface area contributed by atoms with Crippen LogP contribution in [0.2, 0.25) is 0 Å². The predicted molar refractivity (Wildman–Crippen MR) is 129 cm³/mol. The number of morpholine rings is 1. The van der Waals surface area contributed by atoms with Gasteiger partial charge in [0.25, 0.3) is 0 Å². The lowest BCUT2D eigenvalue weighted by Crippen LogP contribution is -2.44. The summed E-state index contributed by atoms with van der Waals surface area (Å²) in [7, 11) is 0. The number of halogens is 3. The first-order valence-electron chi connectivity index (χ1n) is 11.4. The molecule has 2 aromatic carbocycles. The molecule has 1 unspecified atom stereocenters. The zero-order valence-electron chi connectivity index (χ0n) is 19.9. The largest absolute Gasteiger partial charge is 0.417 e. The topological polar surface area (TPSA) is 76.3 Å². The summed E-state index contributed by atoms with van der Waals surface area (Å²) in [5.41, 5.74) is -0.00211. The zero-order chi connectivity index (χ0) is 25.0. The van der Waals surface area contributed by atoms with Crippen LogP contribution in [0.4, 0.5) is 24.8 Å². The van der Waals surface area contributed by atoms with E-state index in [1.807, 2.05) is 39.0 Å². The van der Waals surface area contributed by atoms with Crippen molar-refractivity contribution in [1.29, 1.82) is 0 Å². The number of benzene rings is 2. The van der Waals surface area contributed by atoms with Gasteiger partial charge in [0.1, 0.15) is 0 Å². The maximum atomic E-state index is 13.9. The third-order valence-electron chi connectivity index (χ3n) is 6.01. The lowest BCUT2D eigenvalue weighted by molar-refractivity contribution is -0.136. The van der Waals surface area contributed by atoms with Gasteiger partial charge in [-0.1, -0.05) is 11.2 Å². The van der Waals surface area contributed by atoms with Gasteiger partial charge in [-0.15, -0.1) is 5.10 Å². The standard InChI is InChI=1S/C25H26F3N5O2/c1-14-13-34-10-9-33(14)23-18-6-5-15(11-16(18)12-29-31-23)17-7-8-19(25(26,27)28)20-21(17)35-32-22(20)30-24(2,3)4/h5-8,11-12,14H,9-10,13H2,1-4H3,(H,30,32). The van der Waals surface area contributed by atoms with E-state index in [2.05, 4.69) is 32.5 Å². The Morgan fingerprint density at radius 3 is 2.63 bits per heavy atom. The Hall–Kier alpha value is -3.40. The van der Waals surface area contributed by atoms with Gasteiger partial charge in [0, 0.05) is 28.4 Å². The van der Waals surface area contributed by atoms with Crippen molar-refractivity contribution in [1.82, 2.24) is 15.4 Å². The molecule has 0 amide bonds. The summed E-state index contributed by atoms with van der Waals surface area (Å²) in [6, 6.07) is 8.34. The second kappa shape index (κ2) is 8.37. The molecule has 0 aliphatic carbocycles. The quantitative estimate of drug-likeness (QED) is 0.388. The third kappa shape index (κ3) is 4.38. The summed E-state index contributed by atoms with van der Waals surface area (Å²) >= 11 is 0. The average Bonchev–Trinajstić information content (AvgIpc) is 3.19. The van der Waals surface area contributed by atoms with Crippen LogP contribution in [0, 0.1) is 0 Å². The summed E-state index contributed by atoms with van der Waals surface area (Å²) in [6.07, 6.45) is -2.90. The highest BCUT2D eigenvalue weighted by Gasteiger charge is 2.36. The van der Waals surface area contributed by atoms with Gasteiger partial charge in [-0.05, 0) is 57.5 Å². The maximum Gasteiger partial charge on any atom is 0.417 e. The Morgan fingerprint density at radius 2 is 1.91 bits per heavy atom. The van der Waals surface area contributed by atoms with Gasteiger partial charge in [-0.2, -0.15) is 18.3 Å². The first-order chi connectivity index (χ1) is 16.5. The van der Waals surface area contributed by atoms with Gasteiger partial charge >= 0.3 is 6.18 Å². The molecule has 0 bridgehead atoms. The van der Waals surface area contributed by atoms with Crippen LogP contribution in [0.25, 0.3) is 32.9 Å². The molecule has 0 radical (unpaired) electrons. The third-order valence-corrected chi connectivity index (χ3v) is 6.01. The number of hydrogen-bond donors (Lipinski definition) is 1. The van der Waals surface area contributed by atoms with Gasteiger partial charge in [0.05, 0.1) is 36.4 Å². The molecule has 1 aliphatic heterocycles. The Balaban J connectivity index is 1.65. The number of nitrogens with zero attached hydrogens (tertiary/aromatic N) is 4. The summed E-state index contributed by atoms with van der Waals surface area (Å²) in [4.78, 5) is 2.16. The highest BCUT2D eigenvalue weighted by molar-refractivity contribution is 6.03. The molecule has 7 nitrogen and oxygen atoms in total. The minimum Gasteiger partial charge on any atom is -0.377 e. The van der Waals surface area contributed by atoms with E-state index >= 15 is 0 Å². The molecule has 5 rings (SSSR count). The van der Waals surface area contributed by atoms with Crippen LogP contribution in [-0.4, -0.2) is 46.7 Å². The van der Waals surface area contributed by atoms with E-state index in [4.69, 9.17) is 9.26 Å². The van der Waals surface area contributed by atoms with Crippen molar-refractivity contribution in [2.24, 2.45) is 0 Å². The van der Waals surface area contributed by atoms with Crippen LogP contribution in [0.15, 0.2) is 41.1 Å². The number of anilines is 2. The molecule has 10 heteroatoms. The molecular formula is C25H26F3N5O2. The van der Waals surface area contributed by atoms with Crippen molar-refractivity contribution in [2.45, 2.75) is 45.5 Å². The molecular weight excluding hydrogens is 459 g/mol. The Kier molecular flexibility index (Phi) is 5.58. The molecule has 1 saturated heterocycles. The van der Waals surface area contributed by atoms with E-state index in [1.54, 1.807) is 6.20 Å². The first kappa shape index (κ1) is 23.3. The number of alkyl halides is 3. The van der Waals surface area contributed by atoms with Crippen molar-refractivity contribution in [3.63, 3.8) is 0 Å². The molecule has 3 heterocycles. The van der Waals surface area contributed by atoms with Gasteiger partial charge < -0.3 is 19.5 Å². The molecule has 1 atom stereocenters. The predicted octanol–water partition coefficient (Wildman–Crippen LogP) is 5.89. The van der Waals surface area contributed by atoms with Crippen molar-refractivity contribution >= 4 is 33.4 Å². The number of rotatable bonds is 3. The molecule has 0 spiro atoms. The minimum atomic E-state index is -4.56. The van der Waals surface area contributed by atoms with E-state index in [0.29, 0.717) is 30.9 Å². The summed E-state index contributed by atoms with van der Waals surface area (Å²) < 4.78 is 52.7. The number of fused-ring (bicyclic) bond motifs is 2. The normalized spacial score (nSPS) is 17.3. The highest BCUT2D eigenvalue weighted by Crippen LogP contribution is 2.43. The van der Waals surface area contributed by atoms with E-state index in [0.717, 1.165) is 22.7 Å². The first-order valence-corrected chi connectivity index (χ1v) is 11.4. The number of hydrogen-bond acceptors (Lipinski definition) is 7. The molecule has 1 fully saturated rings. The monoisotopic (exact) mass is 485 g/mol.